The predicted molar refractivity (Wildman–Crippen MR) is 102 cm³/mol. The van der Waals surface area contributed by atoms with Crippen molar-refractivity contribution in [3.8, 4) is 0 Å². The zero-order chi connectivity index (χ0) is 20.1. The van der Waals surface area contributed by atoms with Crippen molar-refractivity contribution in [2.24, 2.45) is 5.92 Å². The molecular weight excluding hydrogens is 363 g/mol. The van der Waals surface area contributed by atoms with E-state index >= 15 is 0 Å². The molecule has 8 heteroatoms. The third-order valence-corrected chi connectivity index (χ3v) is 5.36. The maximum atomic E-state index is 13.1. The van der Waals surface area contributed by atoms with Crippen LogP contribution in [0.2, 0.25) is 0 Å². The van der Waals surface area contributed by atoms with Crippen molar-refractivity contribution in [3.63, 3.8) is 0 Å². The molecule has 2 aliphatic rings. The van der Waals surface area contributed by atoms with E-state index in [2.05, 4.69) is 5.32 Å². The average Bonchev–Trinajstić information content (AvgIpc) is 2.73. The summed E-state index contributed by atoms with van der Waals surface area (Å²) >= 11 is 0. The Kier molecular flexibility index (Phi) is 6.49. The van der Waals surface area contributed by atoms with Crippen molar-refractivity contribution in [1.82, 2.24) is 20.0 Å². The van der Waals surface area contributed by atoms with E-state index in [4.69, 9.17) is 0 Å². The van der Waals surface area contributed by atoms with E-state index in [9.17, 15) is 18.8 Å². The summed E-state index contributed by atoms with van der Waals surface area (Å²) in [5, 5.41) is 2.78. The number of benzene rings is 1. The van der Waals surface area contributed by atoms with Crippen LogP contribution in [-0.4, -0.2) is 78.4 Å². The zero-order valence-electron chi connectivity index (χ0n) is 16.2. The van der Waals surface area contributed by atoms with Gasteiger partial charge in [-0.15, -0.1) is 0 Å². The second-order valence-electron chi connectivity index (χ2n) is 7.25. The van der Waals surface area contributed by atoms with E-state index in [1.54, 1.807) is 14.7 Å². The van der Waals surface area contributed by atoms with Crippen LogP contribution in [0.25, 0.3) is 0 Å². The lowest BCUT2D eigenvalue weighted by Crippen LogP contribution is -2.55. The first kappa shape index (κ1) is 20.1. The number of carbonyl (C=O) groups is 3. The molecule has 0 spiro atoms. The Morgan fingerprint density at radius 1 is 1.00 bits per heavy atom. The molecule has 0 aromatic heterocycles. The topological polar surface area (TPSA) is 73.0 Å². The fraction of sp³-hybridized carbons (Fsp3) is 0.550. The fourth-order valence-corrected chi connectivity index (χ4v) is 3.79. The smallest absolute Gasteiger partial charge is 0.317 e. The Bertz CT molecular complexity index is 717. The van der Waals surface area contributed by atoms with Crippen molar-refractivity contribution in [2.45, 2.75) is 19.8 Å². The highest BCUT2D eigenvalue weighted by atomic mass is 19.1. The molecule has 2 fully saturated rings. The van der Waals surface area contributed by atoms with Gasteiger partial charge in [-0.3, -0.25) is 9.59 Å². The Labute approximate surface area is 164 Å². The van der Waals surface area contributed by atoms with Crippen LogP contribution in [0.15, 0.2) is 24.3 Å². The average molecular weight is 390 g/mol. The van der Waals surface area contributed by atoms with Crippen molar-refractivity contribution in [1.29, 1.82) is 0 Å². The molecule has 4 amide bonds. The first-order valence-corrected chi connectivity index (χ1v) is 9.86. The molecule has 1 aromatic rings. The molecule has 2 saturated heterocycles. The largest absolute Gasteiger partial charge is 0.339 e. The SMILES string of the molecule is CCNC(=O)N1CCN(C(=O)C2CCCN(C(=O)c3ccc(F)cc3)C2)CC1. The Morgan fingerprint density at radius 2 is 1.64 bits per heavy atom. The summed E-state index contributed by atoms with van der Waals surface area (Å²) in [6.07, 6.45) is 1.52. The van der Waals surface area contributed by atoms with Gasteiger partial charge in [-0.25, -0.2) is 9.18 Å². The van der Waals surface area contributed by atoms with Crippen molar-refractivity contribution < 1.29 is 18.8 Å². The Balaban J connectivity index is 1.55. The molecule has 28 heavy (non-hydrogen) atoms. The normalized spacial score (nSPS) is 20.1. The van der Waals surface area contributed by atoms with Crippen molar-refractivity contribution in [3.05, 3.63) is 35.6 Å². The summed E-state index contributed by atoms with van der Waals surface area (Å²) in [6, 6.07) is 5.40. The van der Waals surface area contributed by atoms with Gasteiger partial charge < -0.3 is 20.0 Å². The van der Waals surface area contributed by atoms with Crippen LogP contribution in [0, 0.1) is 11.7 Å². The van der Waals surface area contributed by atoms with Gasteiger partial charge in [0, 0.05) is 51.4 Å². The van der Waals surface area contributed by atoms with Gasteiger partial charge in [0.15, 0.2) is 0 Å². The number of piperazine rings is 1. The Hall–Kier alpha value is -2.64. The van der Waals surface area contributed by atoms with E-state index in [0.717, 1.165) is 12.8 Å². The first-order chi connectivity index (χ1) is 13.5. The summed E-state index contributed by atoms with van der Waals surface area (Å²) in [7, 11) is 0. The van der Waals surface area contributed by atoms with Gasteiger partial charge in [-0.1, -0.05) is 0 Å². The highest BCUT2D eigenvalue weighted by molar-refractivity contribution is 5.94. The molecule has 2 heterocycles. The number of halogens is 1. The van der Waals surface area contributed by atoms with Gasteiger partial charge in [-0.2, -0.15) is 0 Å². The fourth-order valence-electron chi connectivity index (χ4n) is 3.79. The minimum Gasteiger partial charge on any atom is -0.339 e. The van der Waals surface area contributed by atoms with Gasteiger partial charge in [-0.05, 0) is 44.0 Å². The minimum absolute atomic E-state index is 0.0483. The number of hydrogen-bond acceptors (Lipinski definition) is 3. The molecule has 0 bridgehead atoms. The number of nitrogens with zero attached hydrogens (tertiary/aromatic N) is 3. The third kappa shape index (κ3) is 4.61. The van der Waals surface area contributed by atoms with E-state index in [0.29, 0.717) is 51.4 Å². The van der Waals surface area contributed by atoms with Crippen LogP contribution in [0.3, 0.4) is 0 Å². The zero-order valence-corrected chi connectivity index (χ0v) is 16.2. The lowest BCUT2D eigenvalue weighted by Gasteiger charge is -2.39. The lowest BCUT2D eigenvalue weighted by atomic mass is 9.95. The summed E-state index contributed by atoms with van der Waals surface area (Å²) in [5.41, 5.74) is 0.435. The van der Waals surface area contributed by atoms with Crippen LogP contribution < -0.4 is 5.32 Å². The van der Waals surface area contributed by atoms with Crippen LogP contribution in [0.1, 0.15) is 30.1 Å². The second-order valence-corrected chi connectivity index (χ2v) is 7.25. The number of carbonyl (C=O) groups excluding carboxylic acids is 3. The van der Waals surface area contributed by atoms with Gasteiger partial charge in [0.2, 0.25) is 5.91 Å². The minimum atomic E-state index is -0.380. The second kappa shape index (κ2) is 9.03. The first-order valence-electron chi connectivity index (χ1n) is 9.86. The number of likely N-dealkylation sites (tertiary alicyclic amines) is 1. The van der Waals surface area contributed by atoms with Gasteiger partial charge in [0.25, 0.3) is 5.91 Å². The van der Waals surface area contributed by atoms with E-state index in [1.807, 2.05) is 6.92 Å². The van der Waals surface area contributed by atoms with Crippen LogP contribution in [0.5, 0.6) is 0 Å². The van der Waals surface area contributed by atoms with E-state index < -0.39 is 0 Å². The summed E-state index contributed by atoms with van der Waals surface area (Å²) in [6.45, 7) is 5.50. The van der Waals surface area contributed by atoms with E-state index in [1.165, 1.54) is 24.3 Å². The van der Waals surface area contributed by atoms with Crippen molar-refractivity contribution >= 4 is 17.8 Å². The predicted octanol–water partition coefficient (Wildman–Crippen LogP) is 1.55. The third-order valence-electron chi connectivity index (χ3n) is 5.36. The van der Waals surface area contributed by atoms with Crippen LogP contribution >= 0.6 is 0 Å². The molecule has 0 saturated carbocycles. The molecule has 7 nitrogen and oxygen atoms in total. The van der Waals surface area contributed by atoms with Crippen LogP contribution in [-0.2, 0) is 4.79 Å². The van der Waals surface area contributed by atoms with Gasteiger partial charge in [0.05, 0.1) is 5.92 Å². The monoisotopic (exact) mass is 390 g/mol. The standard InChI is InChI=1S/C20H27FN4O3/c1-2-22-20(28)24-12-10-23(11-13-24)19(27)16-4-3-9-25(14-16)18(26)15-5-7-17(21)8-6-15/h5-8,16H,2-4,9-14H2,1H3,(H,22,28). The molecule has 1 aromatic carbocycles. The van der Waals surface area contributed by atoms with Crippen molar-refractivity contribution in [2.75, 3.05) is 45.8 Å². The highest BCUT2D eigenvalue weighted by Gasteiger charge is 2.33. The lowest BCUT2D eigenvalue weighted by molar-refractivity contribution is -0.138. The number of amides is 4. The number of hydrogen-bond donors (Lipinski definition) is 1. The van der Waals surface area contributed by atoms with Gasteiger partial charge in [0.1, 0.15) is 5.82 Å². The molecule has 1 atom stereocenters. The van der Waals surface area contributed by atoms with E-state index in [-0.39, 0.29) is 29.6 Å². The number of piperidine rings is 1. The maximum absolute atomic E-state index is 13.1. The molecule has 0 aliphatic carbocycles. The molecular formula is C20H27FN4O3. The quantitative estimate of drug-likeness (QED) is 0.851. The number of urea groups is 1. The molecule has 3 rings (SSSR count). The highest BCUT2D eigenvalue weighted by Crippen LogP contribution is 2.21. The van der Waals surface area contributed by atoms with Gasteiger partial charge >= 0.3 is 6.03 Å². The molecule has 2 aliphatic heterocycles. The molecule has 152 valence electrons. The molecule has 1 N–H and O–H groups in total. The number of nitrogens with one attached hydrogen (secondary N) is 1. The molecule has 1 unspecified atom stereocenters. The summed E-state index contributed by atoms with van der Waals surface area (Å²) in [5.74, 6) is -0.727. The maximum Gasteiger partial charge on any atom is 0.317 e. The van der Waals surface area contributed by atoms with Crippen LogP contribution in [0.4, 0.5) is 9.18 Å². The number of rotatable bonds is 3. The molecule has 0 radical (unpaired) electrons. The Morgan fingerprint density at radius 3 is 2.29 bits per heavy atom. The summed E-state index contributed by atoms with van der Waals surface area (Å²) < 4.78 is 13.1. The summed E-state index contributed by atoms with van der Waals surface area (Å²) in [4.78, 5) is 42.7.